The minimum atomic E-state index is 0.315. The second-order valence-electron chi connectivity index (χ2n) is 5.53. The number of ether oxygens (including phenoxy) is 1. The third kappa shape index (κ3) is 3.52. The Balaban J connectivity index is 1.75. The Kier molecular flexibility index (Phi) is 4.68. The van der Waals surface area contributed by atoms with E-state index >= 15 is 0 Å². The van der Waals surface area contributed by atoms with Gasteiger partial charge in [-0.25, -0.2) is 4.68 Å². The van der Waals surface area contributed by atoms with Crippen molar-refractivity contribution in [3.8, 4) is 5.69 Å². The zero-order chi connectivity index (χ0) is 14.5. The molecule has 0 spiro atoms. The fourth-order valence-electron chi connectivity index (χ4n) is 2.92. The molecule has 1 aromatic heterocycles. The predicted molar refractivity (Wildman–Crippen MR) is 83.6 cm³/mol. The Morgan fingerprint density at radius 2 is 2.24 bits per heavy atom. The first-order valence-corrected chi connectivity index (χ1v) is 7.82. The van der Waals surface area contributed by atoms with Crippen LogP contribution in [0, 0.1) is 0 Å². The van der Waals surface area contributed by atoms with Gasteiger partial charge >= 0.3 is 0 Å². The van der Waals surface area contributed by atoms with Crippen molar-refractivity contribution in [1.82, 2.24) is 15.1 Å². The maximum atomic E-state index is 5.78. The van der Waals surface area contributed by atoms with Gasteiger partial charge in [0.05, 0.1) is 18.0 Å². The van der Waals surface area contributed by atoms with Crippen LogP contribution >= 0.6 is 0 Å². The van der Waals surface area contributed by atoms with Gasteiger partial charge in [-0.15, -0.1) is 0 Å². The molecule has 1 aromatic carbocycles. The summed E-state index contributed by atoms with van der Waals surface area (Å²) in [4.78, 5) is 0. The van der Waals surface area contributed by atoms with Crippen LogP contribution in [0.5, 0.6) is 0 Å². The number of benzene rings is 1. The molecule has 0 aliphatic carbocycles. The Morgan fingerprint density at radius 3 is 2.95 bits per heavy atom. The Bertz CT molecular complexity index is 546. The van der Waals surface area contributed by atoms with Crippen LogP contribution in [-0.4, -0.2) is 29.0 Å². The van der Waals surface area contributed by atoms with Crippen LogP contribution in [0.4, 0.5) is 0 Å². The third-order valence-corrected chi connectivity index (χ3v) is 4.00. The van der Waals surface area contributed by atoms with Gasteiger partial charge in [-0.1, -0.05) is 25.1 Å². The zero-order valence-electron chi connectivity index (χ0n) is 12.5. The topological polar surface area (TPSA) is 39.1 Å². The SMILES string of the molecule is CCNC(CC1CCCO1)c1cnn(-c2ccccc2)c1. The molecule has 4 heteroatoms. The smallest absolute Gasteiger partial charge is 0.0645 e. The standard InChI is InChI=1S/C17H23N3O/c1-2-18-17(11-16-9-6-10-21-16)14-12-19-20(13-14)15-7-4-3-5-8-15/h3-5,7-8,12-13,16-18H,2,6,9-11H2,1H3. The highest BCUT2D eigenvalue weighted by Crippen LogP contribution is 2.25. The lowest BCUT2D eigenvalue weighted by atomic mass is 10.0. The Labute approximate surface area is 126 Å². The van der Waals surface area contributed by atoms with E-state index in [1.807, 2.05) is 29.1 Å². The van der Waals surface area contributed by atoms with E-state index in [0.717, 1.165) is 25.3 Å². The summed E-state index contributed by atoms with van der Waals surface area (Å²) in [6.07, 6.45) is 7.86. The molecule has 2 aromatic rings. The fraction of sp³-hybridized carbons (Fsp3) is 0.471. The zero-order valence-corrected chi connectivity index (χ0v) is 12.5. The van der Waals surface area contributed by atoms with E-state index in [0.29, 0.717) is 12.1 Å². The van der Waals surface area contributed by atoms with Gasteiger partial charge in [0.15, 0.2) is 0 Å². The molecule has 1 aliphatic heterocycles. The average molecular weight is 285 g/mol. The molecule has 0 amide bonds. The molecule has 4 nitrogen and oxygen atoms in total. The lowest BCUT2D eigenvalue weighted by Gasteiger charge is -2.20. The first kappa shape index (κ1) is 14.3. The highest BCUT2D eigenvalue weighted by Gasteiger charge is 2.22. The van der Waals surface area contributed by atoms with Gasteiger partial charge < -0.3 is 10.1 Å². The molecule has 1 N–H and O–H groups in total. The molecule has 0 saturated carbocycles. The molecule has 112 valence electrons. The summed E-state index contributed by atoms with van der Waals surface area (Å²) in [6, 6.07) is 10.5. The number of hydrogen-bond donors (Lipinski definition) is 1. The maximum Gasteiger partial charge on any atom is 0.0645 e. The number of aromatic nitrogens is 2. The van der Waals surface area contributed by atoms with Crippen LogP contribution in [-0.2, 0) is 4.74 Å². The van der Waals surface area contributed by atoms with Crippen molar-refractivity contribution >= 4 is 0 Å². The highest BCUT2D eigenvalue weighted by molar-refractivity contribution is 5.31. The molecule has 3 rings (SSSR count). The van der Waals surface area contributed by atoms with Crippen LogP contribution in [0.3, 0.4) is 0 Å². The van der Waals surface area contributed by atoms with E-state index in [1.165, 1.54) is 18.4 Å². The Hall–Kier alpha value is -1.65. The van der Waals surface area contributed by atoms with Crippen molar-refractivity contribution < 1.29 is 4.74 Å². The molecular formula is C17H23N3O. The molecule has 0 radical (unpaired) electrons. The summed E-state index contributed by atoms with van der Waals surface area (Å²) >= 11 is 0. The summed E-state index contributed by atoms with van der Waals surface area (Å²) in [5.41, 5.74) is 2.33. The van der Waals surface area contributed by atoms with Crippen molar-refractivity contribution in [3.63, 3.8) is 0 Å². The normalized spacial score (nSPS) is 19.8. The van der Waals surface area contributed by atoms with Gasteiger partial charge in [0.2, 0.25) is 0 Å². The van der Waals surface area contributed by atoms with Crippen LogP contribution < -0.4 is 5.32 Å². The monoisotopic (exact) mass is 285 g/mol. The van der Waals surface area contributed by atoms with E-state index in [9.17, 15) is 0 Å². The van der Waals surface area contributed by atoms with Gasteiger partial charge in [0.25, 0.3) is 0 Å². The van der Waals surface area contributed by atoms with Crippen LogP contribution in [0.15, 0.2) is 42.7 Å². The molecule has 0 bridgehead atoms. The van der Waals surface area contributed by atoms with Crippen LogP contribution in [0.1, 0.15) is 37.8 Å². The minimum Gasteiger partial charge on any atom is -0.378 e. The van der Waals surface area contributed by atoms with Crippen molar-refractivity contribution in [3.05, 3.63) is 48.3 Å². The van der Waals surface area contributed by atoms with Crippen molar-refractivity contribution in [1.29, 1.82) is 0 Å². The van der Waals surface area contributed by atoms with Gasteiger partial charge in [-0.3, -0.25) is 0 Å². The van der Waals surface area contributed by atoms with Crippen LogP contribution in [0.2, 0.25) is 0 Å². The van der Waals surface area contributed by atoms with Gasteiger partial charge in [0, 0.05) is 24.4 Å². The summed E-state index contributed by atoms with van der Waals surface area (Å²) in [7, 11) is 0. The molecule has 2 atom stereocenters. The molecule has 21 heavy (non-hydrogen) atoms. The van der Waals surface area contributed by atoms with Crippen molar-refractivity contribution in [2.75, 3.05) is 13.2 Å². The summed E-state index contributed by atoms with van der Waals surface area (Å²) in [6.45, 7) is 4.00. The Morgan fingerprint density at radius 1 is 1.38 bits per heavy atom. The maximum absolute atomic E-state index is 5.78. The first-order chi connectivity index (χ1) is 10.4. The van der Waals surface area contributed by atoms with Gasteiger partial charge in [-0.2, -0.15) is 5.10 Å². The number of nitrogens with zero attached hydrogens (tertiary/aromatic N) is 2. The lowest BCUT2D eigenvalue weighted by Crippen LogP contribution is -2.25. The third-order valence-electron chi connectivity index (χ3n) is 4.00. The molecular weight excluding hydrogens is 262 g/mol. The van der Waals surface area contributed by atoms with Gasteiger partial charge in [-0.05, 0) is 37.9 Å². The largest absolute Gasteiger partial charge is 0.378 e. The number of nitrogens with one attached hydrogen (secondary N) is 1. The fourth-order valence-corrected chi connectivity index (χ4v) is 2.92. The molecule has 1 fully saturated rings. The summed E-state index contributed by atoms with van der Waals surface area (Å²) in [5.74, 6) is 0. The first-order valence-electron chi connectivity index (χ1n) is 7.82. The lowest BCUT2D eigenvalue weighted by molar-refractivity contribution is 0.0947. The van der Waals surface area contributed by atoms with E-state index < -0.39 is 0 Å². The van der Waals surface area contributed by atoms with Crippen LogP contribution in [0.25, 0.3) is 5.69 Å². The highest BCUT2D eigenvalue weighted by atomic mass is 16.5. The van der Waals surface area contributed by atoms with E-state index in [4.69, 9.17) is 4.74 Å². The van der Waals surface area contributed by atoms with E-state index in [-0.39, 0.29) is 0 Å². The molecule has 2 unspecified atom stereocenters. The number of hydrogen-bond acceptors (Lipinski definition) is 3. The molecule has 1 saturated heterocycles. The predicted octanol–water partition coefficient (Wildman–Crippen LogP) is 3.09. The van der Waals surface area contributed by atoms with Crippen molar-refractivity contribution in [2.45, 2.75) is 38.3 Å². The van der Waals surface area contributed by atoms with Crippen molar-refractivity contribution in [2.24, 2.45) is 0 Å². The average Bonchev–Trinajstić information content (AvgIpc) is 3.19. The molecule has 2 heterocycles. The number of rotatable bonds is 6. The van der Waals surface area contributed by atoms with Gasteiger partial charge in [0.1, 0.15) is 0 Å². The quantitative estimate of drug-likeness (QED) is 0.886. The van der Waals surface area contributed by atoms with E-state index in [1.54, 1.807) is 0 Å². The second-order valence-corrected chi connectivity index (χ2v) is 5.53. The van der Waals surface area contributed by atoms with E-state index in [2.05, 4.69) is 35.7 Å². The summed E-state index contributed by atoms with van der Waals surface area (Å²) in [5, 5.41) is 8.06. The molecule has 1 aliphatic rings. The summed E-state index contributed by atoms with van der Waals surface area (Å²) < 4.78 is 7.72. The number of para-hydroxylation sites is 1. The minimum absolute atomic E-state index is 0.315. The second kappa shape index (κ2) is 6.87.